The van der Waals surface area contributed by atoms with Crippen LogP contribution in [0.2, 0.25) is 0 Å². The predicted octanol–water partition coefficient (Wildman–Crippen LogP) is 2.70. The molecule has 0 saturated carbocycles. The second-order valence-electron chi connectivity index (χ2n) is 6.18. The average molecular weight is 359 g/mol. The lowest BCUT2D eigenvalue weighted by Crippen LogP contribution is -2.45. The summed E-state index contributed by atoms with van der Waals surface area (Å²) >= 11 is 0. The minimum Gasteiger partial charge on any atom is -0.395 e. The van der Waals surface area contributed by atoms with Gasteiger partial charge in [-0.1, -0.05) is 48.9 Å². The average Bonchev–Trinajstić information content (AvgIpc) is 2.68. The molecule has 0 amide bonds. The van der Waals surface area contributed by atoms with E-state index < -0.39 is 10.0 Å². The molecule has 2 aromatic carbocycles. The summed E-state index contributed by atoms with van der Waals surface area (Å²) in [5.74, 6) is 0. The maximum absolute atomic E-state index is 13.2. The molecular weight excluding hydrogens is 338 g/mol. The molecule has 1 saturated heterocycles. The molecule has 0 radical (unpaired) electrons. The molecule has 1 aliphatic rings. The van der Waals surface area contributed by atoms with Crippen LogP contribution in [0.25, 0.3) is 11.1 Å². The standard InChI is InChI=1S/C19H21NO4S/c21-13-15-8-10-16(11-9-15)18-6-1-2-7-19(18)25(23,24)20-12-4-3-5-17(20)14-22/h1-2,6-11,13,17,22H,3-5,12,14H2. The molecule has 3 rings (SSSR count). The van der Waals surface area contributed by atoms with Gasteiger partial charge in [-0.05, 0) is 24.5 Å². The molecule has 25 heavy (non-hydrogen) atoms. The van der Waals surface area contributed by atoms with Crippen molar-refractivity contribution in [2.24, 2.45) is 0 Å². The fourth-order valence-electron chi connectivity index (χ4n) is 3.27. The van der Waals surface area contributed by atoms with Crippen molar-refractivity contribution in [1.29, 1.82) is 0 Å². The summed E-state index contributed by atoms with van der Waals surface area (Å²) in [6.45, 7) is 0.251. The topological polar surface area (TPSA) is 74.7 Å². The van der Waals surface area contributed by atoms with Crippen LogP contribution in [0.3, 0.4) is 0 Å². The second-order valence-corrected chi connectivity index (χ2v) is 8.04. The van der Waals surface area contributed by atoms with E-state index in [1.807, 2.05) is 0 Å². The highest BCUT2D eigenvalue weighted by Gasteiger charge is 2.34. The Bertz CT molecular complexity index is 846. The van der Waals surface area contributed by atoms with Gasteiger partial charge in [-0.25, -0.2) is 8.42 Å². The van der Waals surface area contributed by atoms with Gasteiger partial charge in [-0.2, -0.15) is 4.31 Å². The van der Waals surface area contributed by atoms with Crippen molar-refractivity contribution in [2.45, 2.75) is 30.2 Å². The van der Waals surface area contributed by atoms with Gasteiger partial charge in [0.25, 0.3) is 0 Å². The minimum atomic E-state index is -3.71. The largest absolute Gasteiger partial charge is 0.395 e. The quantitative estimate of drug-likeness (QED) is 0.833. The number of aliphatic hydroxyl groups is 1. The van der Waals surface area contributed by atoms with Crippen molar-refractivity contribution in [3.8, 4) is 11.1 Å². The Kier molecular flexibility index (Phi) is 5.32. The van der Waals surface area contributed by atoms with Gasteiger partial charge in [0.15, 0.2) is 0 Å². The summed E-state index contributed by atoms with van der Waals surface area (Å²) in [5.41, 5.74) is 1.88. The van der Waals surface area contributed by atoms with Crippen molar-refractivity contribution < 1.29 is 18.3 Å². The zero-order valence-electron chi connectivity index (χ0n) is 13.8. The molecule has 1 unspecified atom stereocenters. The number of rotatable bonds is 5. The normalized spacial score (nSPS) is 18.8. The Morgan fingerprint density at radius 2 is 1.80 bits per heavy atom. The number of hydrogen-bond donors (Lipinski definition) is 1. The van der Waals surface area contributed by atoms with Gasteiger partial charge >= 0.3 is 0 Å². The third-order valence-corrected chi connectivity index (χ3v) is 6.63. The fraction of sp³-hybridized carbons (Fsp3) is 0.316. The minimum absolute atomic E-state index is 0.171. The van der Waals surface area contributed by atoms with Crippen LogP contribution < -0.4 is 0 Å². The SMILES string of the molecule is O=Cc1ccc(-c2ccccc2S(=O)(=O)N2CCCCC2CO)cc1. The van der Waals surface area contributed by atoms with Crippen LogP contribution in [-0.4, -0.2) is 43.3 Å². The summed E-state index contributed by atoms with van der Waals surface area (Å²) in [6, 6.07) is 13.3. The van der Waals surface area contributed by atoms with Crippen LogP contribution in [-0.2, 0) is 10.0 Å². The Hall–Kier alpha value is -2.02. The van der Waals surface area contributed by atoms with Gasteiger partial charge in [0.1, 0.15) is 6.29 Å². The molecule has 1 fully saturated rings. The lowest BCUT2D eigenvalue weighted by Gasteiger charge is -2.34. The molecule has 6 heteroatoms. The molecule has 2 aromatic rings. The molecule has 0 aliphatic carbocycles. The highest BCUT2D eigenvalue weighted by Crippen LogP contribution is 2.32. The van der Waals surface area contributed by atoms with Crippen molar-refractivity contribution in [3.05, 3.63) is 54.1 Å². The fourth-order valence-corrected chi connectivity index (χ4v) is 5.17. The lowest BCUT2D eigenvalue weighted by molar-refractivity contribution is 0.112. The van der Waals surface area contributed by atoms with E-state index in [0.29, 0.717) is 24.1 Å². The molecule has 5 nitrogen and oxygen atoms in total. The Morgan fingerprint density at radius 1 is 1.08 bits per heavy atom. The molecule has 132 valence electrons. The van der Waals surface area contributed by atoms with Crippen LogP contribution in [0.5, 0.6) is 0 Å². The second kappa shape index (κ2) is 7.47. The molecule has 0 spiro atoms. The van der Waals surface area contributed by atoms with E-state index in [1.165, 1.54) is 4.31 Å². The van der Waals surface area contributed by atoms with Crippen molar-refractivity contribution in [1.82, 2.24) is 4.31 Å². The number of piperidine rings is 1. The van der Waals surface area contributed by atoms with Crippen molar-refractivity contribution in [3.63, 3.8) is 0 Å². The van der Waals surface area contributed by atoms with Crippen LogP contribution in [0.4, 0.5) is 0 Å². The van der Waals surface area contributed by atoms with Gasteiger partial charge in [-0.15, -0.1) is 0 Å². The number of carbonyl (C=O) groups excluding carboxylic acids is 1. The van der Waals surface area contributed by atoms with E-state index in [4.69, 9.17) is 0 Å². The molecular formula is C19H21NO4S. The van der Waals surface area contributed by atoms with E-state index in [-0.39, 0.29) is 17.5 Å². The van der Waals surface area contributed by atoms with Crippen LogP contribution in [0, 0.1) is 0 Å². The molecule has 1 aliphatic heterocycles. The number of aliphatic hydroxyl groups excluding tert-OH is 1. The van der Waals surface area contributed by atoms with Crippen LogP contribution in [0.15, 0.2) is 53.4 Å². The summed E-state index contributed by atoms with van der Waals surface area (Å²) in [5, 5.41) is 9.58. The molecule has 1 N–H and O–H groups in total. The maximum atomic E-state index is 13.2. The van der Waals surface area contributed by atoms with Gasteiger partial charge in [0.05, 0.1) is 11.5 Å². The maximum Gasteiger partial charge on any atom is 0.244 e. The number of hydrogen-bond acceptors (Lipinski definition) is 4. The number of aldehydes is 1. The highest BCUT2D eigenvalue weighted by atomic mass is 32.2. The van der Waals surface area contributed by atoms with Gasteiger partial charge < -0.3 is 5.11 Å². The first-order chi connectivity index (χ1) is 12.1. The first kappa shape index (κ1) is 17.8. The Morgan fingerprint density at radius 3 is 2.48 bits per heavy atom. The number of nitrogens with zero attached hydrogens (tertiary/aromatic N) is 1. The summed E-state index contributed by atoms with van der Waals surface area (Å²) in [4.78, 5) is 11.1. The summed E-state index contributed by atoms with van der Waals surface area (Å²) in [7, 11) is -3.71. The molecule has 1 heterocycles. The van der Waals surface area contributed by atoms with Crippen molar-refractivity contribution >= 4 is 16.3 Å². The Labute approximate surface area is 148 Å². The number of carbonyl (C=O) groups is 1. The zero-order valence-corrected chi connectivity index (χ0v) is 14.7. The number of benzene rings is 2. The van der Waals surface area contributed by atoms with Gasteiger partial charge in [-0.3, -0.25) is 4.79 Å². The van der Waals surface area contributed by atoms with E-state index in [2.05, 4.69) is 0 Å². The van der Waals surface area contributed by atoms with Crippen molar-refractivity contribution in [2.75, 3.05) is 13.2 Å². The molecule has 0 aromatic heterocycles. The molecule has 1 atom stereocenters. The number of sulfonamides is 1. The predicted molar refractivity (Wildman–Crippen MR) is 95.9 cm³/mol. The lowest BCUT2D eigenvalue weighted by atomic mass is 10.0. The summed E-state index contributed by atoms with van der Waals surface area (Å²) in [6.07, 6.45) is 3.15. The first-order valence-electron chi connectivity index (χ1n) is 8.35. The zero-order chi connectivity index (χ0) is 17.9. The van der Waals surface area contributed by atoms with Crippen LogP contribution >= 0.6 is 0 Å². The Balaban J connectivity index is 2.06. The van der Waals surface area contributed by atoms with E-state index in [1.54, 1.807) is 48.5 Å². The smallest absolute Gasteiger partial charge is 0.244 e. The molecule has 0 bridgehead atoms. The van der Waals surface area contributed by atoms with E-state index in [0.717, 1.165) is 24.7 Å². The highest BCUT2D eigenvalue weighted by molar-refractivity contribution is 7.89. The third kappa shape index (κ3) is 3.51. The third-order valence-electron chi connectivity index (χ3n) is 4.62. The van der Waals surface area contributed by atoms with Crippen LogP contribution in [0.1, 0.15) is 29.6 Å². The summed E-state index contributed by atoms with van der Waals surface area (Å²) < 4.78 is 27.9. The first-order valence-corrected chi connectivity index (χ1v) is 9.79. The van der Waals surface area contributed by atoms with E-state index >= 15 is 0 Å². The van der Waals surface area contributed by atoms with Gasteiger partial charge in [0, 0.05) is 23.7 Å². The monoisotopic (exact) mass is 359 g/mol. The van der Waals surface area contributed by atoms with E-state index in [9.17, 15) is 18.3 Å². The van der Waals surface area contributed by atoms with Gasteiger partial charge in [0.2, 0.25) is 10.0 Å².